The molecule has 1 rings (SSSR count). The molecule has 0 aromatic rings. The minimum Gasteiger partial charge on any atom is -0.394 e. The minimum atomic E-state index is -0.0371. The molecule has 2 N–H and O–H groups in total. The number of aliphatic hydroxyl groups excluding tert-OH is 1. The van der Waals surface area contributed by atoms with Gasteiger partial charge < -0.3 is 10.4 Å². The zero-order valence-corrected chi connectivity index (χ0v) is 7.87. The number of hydrogen-bond donors (Lipinski definition) is 2. The Kier molecular flexibility index (Phi) is 2.73. The Morgan fingerprint density at radius 3 is 2.42 bits per heavy atom. The molecule has 3 atom stereocenters. The molecule has 1 heterocycles. The highest BCUT2D eigenvalue weighted by atomic mass is 16.3. The summed E-state index contributed by atoms with van der Waals surface area (Å²) >= 11 is 0. The van der Waals surface area contributed by atoms with Crippen molar-refractivity contribution in [3.8, 4) is 0 Å². The van der Waals surface area contributed by atoms with Crippen LogP contribution in [-0.4, -0.2) is 23.7 Å². The van der Waals surface area contributed by atoms with Crippen molar-refractivity contribution in [1.29, 1.82) is 0 Å². The third-order valence-electron chi connectivity index (χ3n) is 2.75. The van der Waals surface area contributed by atoms with E-state index in [0.717, 1.165) is 0 Å². The summed E-state index contributed by atoms with van der Waals surface area (Å²) < 4.78 is 0. The first kappa shape index (κ1) is 9.52. The second-order valence-corrected chi connectivity index (χ2v) is 3.93. The van der Waals surface area contributed by atoms with Crippen LogP contribution >= 0.6 is 0 Å². The summed E-state index contributed by atoms with van der Waals surface area (Å²) in [7, 11) is 0. The smallest absolute Gasteiger partial charge is 0.224 e. The lowest BCUT2D eigenvalue weighted by Gasteiger charge is -2.18. The number of carbonyl (C=O) groups excluding carboxylic acids is 1. The van der Waals surface area contributed by atoms with Crippen LogP contribution in [0, 0.1) is 17.8 Å². The van der Waals surface area contributed by atoms with E-state index in [9.17, 15) is 4.79 Å². The lowest BCUT2D eigenvalue weighted by atomic mass is 9.84. The van der Waals surface area contributed by atoms with E-state index in [1.807, 2.05) is 20.8 Å². The fourth-order valence-electron chi connectivity index (χ4n) is 2.02. The Balaban J connectivity index is 2.70. The van der Waals surface area contributed by atoms with E-state index in [1.165, 1.54) is 0 Å². The first-order chi connectivity index (χ1) is 5.57. The monoisotopic (exact) mass is 171 g/mol. The van der Waals surface area contributed by atoms with Gasteiger partial charge in [0.25, 0.3) is 0 Å². The largest absolute Gasteiger partial charge is 0.394 e. The van der Waals surface area contributed by atoms with Crippen molar-refractivity contribution in [1.82, 2.24) is 5.32 Å². The third kappa shape index (κ3) is 1.46. The molecule has 0 bridgehead atoms. The van der Waals surface area contributed by atoms with Crippen molar-refractivity contribution < 1.29 is 9.90 Å². The van der Waals surface area contributed by atoms with Crippen LogP contribution in [0.5, 0.6) is 0 Å². The van der Waals surface area contributed by atoms with Crippen molar-refractivity contribution in [2.24, 2.45) is 17.8 Å². The van der Waals surface area contributed by atoms with E-state index in [2.05, 4.69) is 5.32 Å². The van der Waals surface area contributed by atoms with Crippen LogP contribution in [0.25, 0.3) is 0 Å². The summed E-state index contributed by atoms with van der Waals surface area (Å²) in [6.45, 7) is 6.15. The number of nitrogens with one attached hydrogen (secondary N) is 1. The molecular weight excluding hydrogens is 154 g/mol. The van der Waals surface area contributed by atoms with Crippen LogP contribution in [0.2, 0.25) is 0 Å². The Morgan fingerprint density at radius 2 is 2.17 bits per heavy atom. The molecule has 0 spiro atoms. The predicted octanol–water partition coefficient (Wildman–Crippen LogP) is 0.385. The molecule has 3 nitrogen and oxygen atoms in total. The van der Waals surface area contributed by atoms with Crippen molar-refractivity contribution in [3.63, 3.8) is 0 Å². The van der Waals surface area contributed by atoms with Gasteiger partial charge in [0.05, 0.1) is 12.6 Å². The van der Waals surface area contributed by atoms with Crippen molar-refractivity contribution in [2.45, 2.75) is 26.8 Å². The van der Waals surface area contributed by atoms with Crippen molar-refractivity contribution in [3.05, 3.63) is 0 Å². The molecule has 12 heavy (non-hydrogen) atoms. The zero-order valence-electron chi connectivity index (χ0n) is 7.87. The second-order valence-electron chi connectivity index (χ2n) is 3.93. The van der Waals surface area contributed by atoms with E-state index < -0.39 is 0 Å². The van der Waals surface area contributed by atoms with Gasteiger partial charge >= 0.3 is 0 Å². The topological polar surface area (TPSA) is 49.3 Å². The lowest BCUT2D eigenvalue weighted by molar-refractivity contribution is -0.124. The molecule has 1 fully saturated rings. The Hall–Kier alpha value is -0.570. The van der Waals surface area contributed by atoms with Gasteiger partial charge in [0.2, 0.25) is 5.91 Å². The van der Waals surface area contributed by atoms with Gasteiger partial charge in [-0.1, -0.05) is 20.8 Å². The molecule has 1 saturated heterocycles. The van der Waals surface area contributed by atoms with Gasteiger partial charge in [-0.2, -0.15) is 0 Å². The molecule has 1 amide bonds. The summed E-state index contributed by atoms with van der Waals surface area (Å²) in [5, 5.41) is 11.7. The maximum absolute atomic E-state index is 11.4. The fraction of sp³-hybridized carbons (Fsp3) is 0.889. The predicted molar refractivity (Wildman–Crippen MR) is 46.5 cm³/mol. The van der Waals surface area contributed by atoms with Gasteiger partial charge in [-0.15, -0.1) is 0 Å². The van der Waals surface area contributed by atoms with Crippen LogP contribution in [0.15, 0.2) is 0 Å². The summed E-state index contributed by atoms with van der Waals surface area (Å²) in [6, 6.07) is -0.0371. The fourth-order valence-corrected chi connectivity index (χ4v) is 2.02. The first-order valence-corrected chi connectivity index (χ1v) is 4.49. The second kappa shape index (κ2) is 3.44. The summed E-state index contributed by atoms with van der Waals surface area (Å²) in [5.41, 5.74) is 0. The third-order valence-corrected chi connectivity index (χ3v) is 2.75. The van der Waals surface area contributed by atoms with Crippen LogP contribution < -0.4 is 5.32 Å². The zero-order chi connectivity index (χ0) is 9.30. The van der Waals surface area contributed by atoms with Gasteiger partial charge in [0.15, 0.2) is 0 Å². The van der Waals surface area contributed by atoms with E-state index >= 15 is 0 Å². The Bertz CT molecular complexity index is 179. The summed E-state index contributed by atoms with van der Waals surface area (Å²) in [6.07, 6.45) is 0. The summed E-state index contributed by atoms with van der Waals surface area (Å²) in [5.74, 6) is 0.776. The van der Waals surface area contributed by atoms with Crippen LogP contribution in [0.4, 0.5) is 0 Å². The molecule has 0 aliphatic carbocycles. The molecular formula is C9H17NO2. The molecule has 3 heteroatoms. The van der Waals surface area contributed by atoms with Crippen molar-refractivity contribution >= 4 is 5.91 Å². The minimum absolute atomic E-state index is 0.0371. The Morgan fingerprint density at radius 1 is 1.58 bits per heavy atom. The normalized spacial score (nSPS) is 35.8. The molecule has 70 valence electrons. The van der Waals surface area contributed by atoms with Crippen LogP contribution in [0.3, 0.4) is 0 Å². The highest BCUT2D eigenvalue weighted by molar-refractivity contribution is 5.82. The highest BCUT2D eigenvalue weighted by Gasteiger charge is 2.40. The molecule has 1 aliphatic rings. The number of aliphatic hydroxyl groups is 1. The number of amides is 1. The quantitative estimate of drug-likeness (QED) is 0.631. The van der Waals surface area contributed by atoms with E-state index in [4.69, 9.17) is 5.11 Å². The molecule has 0 saturated carbocycles. The number of rotatable bonds is 2. The van der Waals surface area contributed by atoms with Gasteiger partial charge in [-0.05, 0) is 11.8 Å². The molecule has 0 aromatic carbocycles. The molecule has 0 radical (unpaired) electrons. The van der Waals surface area contributed by atoms with E-state index in [1.54, 1.807) is 0 Å². The number of carbonyl (C=O) groups is 1. The van der Waals surface area contributed by atoms with Crippen LogP contribution in [0.1, 0.15) is 20.8 Å². The Labute approximate surface area is 73.2 Å². The van der Waals surface area contributed by atoms with E-state index in [0.29, 0.717) is 5.92 Å². The van der Waals surface area contributed by atoms with Gasteiger partial charge in [0, 0.05) is 5.92 Å². The number of hydrogen-bond acceptors (Lipinski definition) is 2. The average molecular weight is 171 g/mol. The highest BCUT2D eigenvalue weighted by Crippen LogP contribution is 2.28. The van der Waals surface area contributed by atoms with Crippen molar-refractivity contribution in [2.75, 3.05) is 6.61 Å². The standard InChI is InChI=1S/C9H17NO2/c1-5(2)8-6(3)7(4-11)10-9(8)12/h5-8,11H,4H2,1-3H3,(H,10,12)/t6-,7?,8-/m1/s1. The first-order valence-electron chi connectivity index (χ1n) is 4.49. The van der Waals surface area contributed by atoms with Gasteiger partial charge in [0.1, 0.15) is 0 Å². The van der Waals surface area contributed by atoms with Crippen LogP contribution in [-0.2, 0) is 4.79 Å². The van der Waals surface area contributed by atoms with E-state index in [-0.39, 0.29) is 30.4 Å². The summed E-state index contributed by atoms with van der Waals surface area (Å²) in [4.78, 5) is 11.4. The molecule has 1 aliphatic heterocycles. The molecule has 1 unspecified atom stereocenters. The SMILES string of the molecule is CC(C)[C@H]1C(=O)NC(CO)[C@H]1C. The van der Waals surface area contributed by atoms with Gasteiger partial charge in [-0.25, -0.2) is 0 Å². The van der Waals surface area contributed by atoms with Gasteiger partial charge in [-0.3, -0.25) is 4.79 Å². The average Bonchev–Trinajstić information content (AvgIpc) is 2.25. The maximum atomic E-state index is 11.4. The maximum Gasteiger partial charge on any atom is 0.224 e. The lowest BCUT2D eigenvalue weighted by Crippen LogP contribution is -2.31. The molecule has 0 aromatic heterocycles.